The summed E-state index contributed by atoms with van der Waals surface area (Å²) in [4.78, 5) is 0. The van der Waals surface area contributed by atoms with Crippen LogP contribution in [0.1, 0.15) is 31.2 Å². The summed E-state index contributed by atoms with van der Waals surface area (Å²) < 4.78 is 11.2. The molecule has 0 spiro atoms. The fourth-order valence-corrected chi connectivity index (χ4v) is 3.35. The first-order valence-electron chi connectivity index (χ1n) is 7.99. The Labute approximate surface area is 120 Å². The first kappa shape index (κ1) is 12.5. The van der Waals surface area contributed by atoms with E-state index in [1.807, 2.05) is 6.07 Å². The van der Waals surface area contributed by atoms with Gasteiger partial charge in [-0.2, -0.15) is 0 Å². The molecule has 0 radical (unpaired) electrons. The van der Waals surface area contributed by atoms with Crippen LogP contribution in [0.25, 0.3) is 0 Å². The smallest absolute Gasteiger partial charge is 0.161 e. The summed E-state index contributed by atoms with van der Waals surface area (Å²) in [5.74, 6) is 4.77. The lowest BCUT2D eigenvalue weighted by Gasteiger charge is -2.20. The molecule has 0 unspecified atom stereocenters. The van der Waals surface area contributed by atoms with Crippen LogP contribution >= 0.6 is 0 Å². The topological polar surface area (TPSA) is 30.5 Å². The molecule has 0 atom stereocenters. The highest BCUT2D eigenvalue weighted by atomic mass is 16.6. The van der Waals surface area contributed by atoms with Crippen LogP contribution in [0.3, 0.4) is 0 Å². The van der Waals surface area contributed by atoms with Crippen LogP contribution in [0.4, 0.5) is 0 Å². The summed E-state index contributed by atoms with van der Waals surface area (Å²) in [5.41, 5.74) is 1.29. The molecule has 2 fully saturated rings. The highest BCUT2D eigenvalue weighted by Crippen LogP contribution is 2.48. The third-order valence-corrected chi connectivity index (χ3v) is 4.77. The molecule has 108 valence electrons. The van der Waals surface area contributed by atoms with Crippen molar-refractivity contribution in [3.63, 3.8) is 0 Å². The lowest BCUT2D eigenvalue weighted by atomic mass is 9.98. The molecule has 20 heavy (non-hydrogen) atoms. The third-order valence-electron chi connectivity index (χ3n) is 4.77. The molecule has 1 aromatic rings. The van der Waals surface area contributed by atoms with E-state index in [-0.39, 0.29) is 0 Å². The molecule has 0 amide bonds. The zero-order valence-electron chi connectivity index (χ0n) is 11.9. The standard InChI is InChI=1S/C17H23NO2/c1-6-16-17(20-8-7-19-16)9-12(1)10-18-11-15(13-2-3-13)14-4-5-14/h1,6,9,13-15,18H,2-5,7-8,10-11H2. The molecular formula is C17H23NO2. The number of hydrogen-bond acceptors (Lipinski definition) is 3. The molecule has 2 aliphatic carbocycles. The van der Waals surface area contributed by atoms with Gasteiger partial charge in [0, 0.05) is 6.54 Å². The summed E-state index contributed by atoms with van der Waals surface area (Å²) in [5, 5.41) is 3.65. The Balaban J connectivity index is 1.32. The average molecular weight is 273 g/mol. The number of rotatable bonds is 6. The molecule has 1 aromatic carbocycles. The number of hydrogen-bond donors (Lipinski definition) is 1. The Kier molecular flexibility index (Phi) is 3.31. The molecule has 2 saturated carbocycles. The van der Waals surface area contributed by atoms with Gasteiger partial charge in [0.25, 0.3) is 0 Å². The first-order valence-corrected chi connectivity index (χ1v) is 7.99. The van der Waals surface area contributed by atoms with Gasteiger partial charge in [0.2, 0.25) is 0 Å². The van der Waals surface area contributed by atoms with Gasteiger partial charge in [-0.3, -0.25) is 0 Å². The number of benzene rings is 1. The number of ether oxygens (including phenoxy) is 2. The lowest BCUT2D eigenvalue weighted by molar-refractivity contribution is 0.171. The normalized spacial score (nSPS) is 21.2. The van der Waals surface area contributed by atoms with E-state index in [9.17, 15) is 0 Å². The van der Waals surface area contributed by atoms with Crippen LogP contribution < -0.4 is 14.8 Å². The monoisotopic (exact) mass is 273 g/mol. The average Bonchev–Trinajstić information content (AvgIpc) is 3.37. The highest BCUT2D eigenvalue weighted by Gasteiger charge is 2.40. The van der Waals surface area contributed by atoms with E-state index in [1.165, 1.54) is 37.8 Å². The molecule has 0 saturated heterocycles. The predicted molar refractivity (Wildman–Crippen MR) is 78.1 cm³/mol. The van der Waals surface area contributed by atoms with Gasteiger partial charge in [-0.05, 0) is 67.7 Å². The van der Waals surface area contributed by atoms with Crippen molar-refractivity contribution in [2.75, 3.05) is 19.8 Å². The zero-order valence-corrected chi connectivity index (χ0v) is 11.9. The Morgan fingerprint density at radius 2 is 1.70 bits per heavy atom. The van der Waals surface area contributed by atoms with Crippen LogP contribution in [-0.2, 0) is 6.54 Å². The Morgan fingerprint density at radius 1 is 1.00 bits per heavy atom. The second kappa shape index (κ2) is 5.28. The summed E-state index contributed by atoms with van der Waals surface area (Å²) >= 11 is 0. The van der Waals surface area contributed by atoms with Gasteiger partial charge in [-0.1, -0.05) is 6.07 Å². The summed E-state index contributed by atoms with van der Waals surface area (Å²) in [7, 11) is 0. The van der Waals surface area contributed by atoms with Crippen molar-refractivity contribution in [2.45, 2.75) is 32.2 Å². The highest BCUT2D eigenvalue weighted by molar-refractivity contribution is 5.43. The minimum atomic E-state index is 0.662. The van der Waals surface area contributed by atoms with Crippen molar-refractivity contribution in [1.82, 2.24) is 5.32 Å². The quantitative estimate of drug-likeness (QED) is 0.864. The Morgan fingerprint density at radius 3 is 2.40 bits per heavy atom. The van der Waals surface area contributed by atoms with E-state index < -0.39 is 0 Å². The van der Waals surface area contributed by atoms with Crippen molar-refractivity contribution >= 4 is 0 Å². The van der Waals surface area contributed by atoms with Crippen molar-refractivity contribution in [2.24, 2.45) is 17.8 Å². The summed E-state index contributed by atoms with van der Waals surface area (Å²) in [6.45, 7) is 3.45. The zero-order chi connectivity index (χ0) is 13.4. The minimum absolute atomic E-state index is 0.662. The Hall–Kier alpha value is -1.22. The van der Waals surface area contributed by atoms with Crippen molar-refractivity contribution in [1.29, 1.82) is 0 Å². The van der Waals surface area contributed by atoms with Gasteiger partial charge in [0.15, 0.2) is 11.5 Å². The Bertz CT molecular complexity index is 468. The maximum atomic E-state index is 5.64. The van der Waals surface area contributed by atoms with Gasteiger partial charge in [0.05, 0.1) is 0 Å². The second-order valence-corrected chi connectivity index (χ2v) is 6.45. The van der Waals surface area contributed by atoms with Crippen LogP contribution in [0.5, 0.6) is 11.5 Å². The summed E-state index contributed by atoms with van der Waals surface area (Å²) in [6, 6.07) is 6.29. The van der Waals surface area contributed by atoms with E-state index in [2.05, 4.69) is 17.4 Å². The first-order chi connectivity index (χ1) is 9.90. The molecule has 1 N–H and O–H groups in total. The maximum absolute atomic E-state index is 5.64. The van der Waals surface area contributed by atoms with E-state index in [0.29, 0.717) is 13.2 Å². The lowest BCUT2D eigenvalue weighted by Crippen LogP contribution is -2.25. The minimum Gasteiger partial charge on any atom is -0.486 e. The van der Waals surface area contributed by atoms with Crippen LogP contribution in [-0.4, -0.2) is 19.8 Å². The van der Waals surface area contributed by atoms with E-state index in [0.717, 1.165) is 35.8 Å². The van der Waals surface area contributed by atoms with Crippen LogP contribution in [0, 0.1) is 17.8 Å². The van der Waals surface area contributed by atoms with E-state index >= 15 is 0 Å². The molecule has 0 bridgehead atoms. The molecule has 1 aliphatic heterocycles. The molecule has 1 heterocycles. The van der Waals surface area contributed by atoms with Crippen molar-refractivity contribution < 1.29 is 9.47 Å². The van der Waals surface area contributed by atoms with E-state index in [4.69, 9.17) is 9.47 Å². The van der Waals surface area contributed by atoms with Gasteiger partial charge >= 0.3 is 0 Å². The molecule has 4 rings (SSSR count). The van der Waals surface area contributed by atoms with E-state index in [1.54, 1.807) is 0 Å². The van der Waals surface area contributed by atoms with Gasteiger partial charge in [-0.25, -0.2) is 0 Å². The molecule has 3 nitrogen and oxygen atoms in total. The predicted octanol–water partition coefficient (Wildman–Crippen LogP) is 2.98. The van der Waals surface area contributed by atoms with Crippen molar-refractivity contribution in [3.8, 4) is 11.5 Å². The molecule has 3 aliphatic rings. The third kappa shape index (κ3) is 2.78. The summed E-state index contributed by atoms with van der Waals surface area (Å²) in [6.07, 6.45) is 5.86. The fourth-order valence-electron chi connectivity index (χ4n) is 3.35. The van der Waals surface area contributed by atoms with Crippen molar-refractivity contribution in [3.05, 3.63) is 23.8 Å². The van der Waals surface area contributed by atoms with Gasteiger partial charge < -0.3 is 14.8 Å². The van der Waals surface area contributed by atoms with Crippen LogP contribution in [0.2, 0.25) is 0 Å². The number of fused-ring (bicyclic) bond motifs is 1. The molecular weight excluding hydrogens is 250 g/mol. The second-order valence-electron chi connectivity index (χ2n) is 6.45. The van der Waals surface area contributed by atoms with Gasteiger partial charge in [0.1, 0.15) is 13.2 Å². The molecule has 0 aromatic heterocycles. The SMILES string of the molecule is c1cc2c(cc1CNCC(C1CC1)C1CC1)OCCO2. The van der Waals surface area contributed by atoms with Crippen LogP contribution in [0.15, 0.2) is 18.2 Å². The number of nitrogens with one attached hydrogen (secondary N) is 1. The fraction of sp³-hybridized carbons (Fsp3) is 0.647. The largest absolute Gasteiger partial charge is 0.486 e. The van der Waals surface area contributed by atoms with Gasteiger partial charge in [-0.15, -0.1) is 0 Å². The molecule has 3 heteroatoms. The maximum Gasteiger partial charge on any atom is 0.161 e.